The molecule has 0 saturated carbocycles. The van der Waals surface area contributed by atoms with Crippen LogP contribution in [0.4, 0.5) is 0 Å². The van der Waals surface area contributed by atoms with Gasteiger partial charge >= 0.3 is 0 Å². The highest BCUT2D eigenvalue weighted by atomic mass is 16.7. The van der Waals surface area contributed by atoms with Crippen LogP contribution in [-0.4, -0.2) is 25.8 Å². The predicted octanol–water partition coefficient (Wildman–Crippen LogP) is 0.958. The average Bonchev–Trinajstić information content (AvgIpc) is 1.90. The first-order valence-electron chi connectivity index (χ1n) is 3.66. The zero-order valence-corrected chi connectivity index (χ0v) is 7.46. The summed E-state index contributed by atoms with van der Waals surface area (Å²) in [7, 11) is 0. The van der Waals surface area contributed by atoms with Crippen LogP contribution in [0.2, 0.25) is 0 Å². The Labute approximate surface area is 68.2 Å². The van der Waals surface area contributed by atoms with Crippen LogP contribution in [-0.2, 0) is 9.47 Å². The van der Waals surface area contributed by atoms with Crippen molar-refractivity contribution in [2.45, 2.75) is 27.1 Å². The Kier molecular flexibility index (Phi) is 14.3. The number of hydrogen-bond acceptors (Lipinski definition) is 3. The summed E-state index contributed by atoms with van der Waals surface area (Å²) in [5, 5.41) is 5.86. The van der Waals surface area contributed by atoms with Gasteiger partial charge < -0.3 is 15.2 Å². The highest BCUT2D eigenvalue weighted by Crippen LogP contribution is 1.90. The van der Waals surface area contributed by atoms with E-state index in [9.17, 15) is 0 Å². The van der Waals surface area contributed by atoms with E-state index in [1.807, 2.05) is 20.8 Å². The summed E-state index contributed by atoms with van der Waals surface area (Å²) in [5.41, 5.74) is 4.39. The van der Waals surface area contributed by atoms with Gasteiger partial charge in [0.05, 0.1) is 6.34 Å². The molecule has 0 aromatic rings. The lowest BCUT2D eigenvalue weighted by Gasteiger charge is -2.09. The fraction of sp³-hybridized carbons (Fsp3) is 0.857. The van der Waals surface area contributed by atoms with Crippen LogP contribution in [0.25, 0.3) is 0 Å². The minimum absolute atomic E-state index is 0.0370. The van der Waals surface area contributed by atoms with Crippen LogP contribution in [0.3, 0.4) is 0 Å². The molecule has 0 rings (SSSR count). The second kappa shape index (κ2) is 12.1. The van der Waals surface area contributed by atoms with E-state index in [-0.39, 0.29) is 6.29 Å². The summed E-state index contributed by atoms with van der Waals surface area (Å²) >= 11 is 0. The maximum Gasteiger partial charge on any atom is 0.154 e. The first-order chi connectivity index (χ1) is 5.22. The van der Waals surface area contributed by atoms with E-state index in [1.54, 1.807) is 0 Å². The maximum atomic E-state index is 5.86. The number of nitrogens with one attached hydrogen (secondary N) is 1. The van der Waals surface area contributed by atoms with Gasteiger partial charge in [-0.25, -0.2) is 0 Å². The van der Waals surface area contributed by atoms with Gasteiger partial charge in [-0.2, -0.15) is 0 Å². The Morgan fingerprint density at radius 1 is 1.36 bits per heavy atom. The van der Waals surface area contributed by atoms with Crippen molar-refractivity contribution >= 4 is 6.34 Å². The lowest BCUT2D eigenvalue weighted by atomic mass is 10.7. The molecule has 0 radical (unpaired) electrons. The summed E-state index contributed by atoms with van der Waals surface area (Å²) in [6.45, 7) is 7.25. The second-order valence-electron chi connectivity index (χ2n) is 1.64. The van der Waals surface area contributed by atoms with E-state index >= 15 is 0 Å². The quantitative estimate of drug-likeness (QED) is 0.367. The minimum atomic E-state index is -0.0370. The number of ether oxygens (including phenoxy) is 2. The van der Waals surface area contributed by atoms with Gasteiger partial charge in [0.1, 0.15) is 0 Å². The fourth-order valence-electron chi connectivity index (χ4n) is 0.518. The van der Waals surface area contributed by atoms with Crippen molar-refractivity contribution in [2.75, 3.05) is 13.2 Å². The molecular weight excluding hydrogens is 144 g/mol. The molecule has 0 unspecified atom stereocenters. The molecule has 0 amide bonds. The van der Waals surface area contributed by atoms with Gasteiger partial charge in [0.25, 0.3) is 0 Å². The molecule has 0 spiro atoms. The molecule has 0 aliphatic carbocycles. The van der Waals surface area contributed by atoms with Gasteiger partial charge in [-0.3, -0.25) is 5.41 Å². The third-order valence-corrected chi connectivity index (χ3v) is 0.803. The van der Waals surface area contributed by atoms with E-state index in [0.29, 0.717) is 0 Å². The molecule has 0 saturated heterocycles. The molecule has 3 N–H and O–H groups in total. The van der Waals surface area contributed by atoms with Gasteiger partial charge in [0.15, 0.2) is 6.29 Å². The molecule has 4 nitrogen and oxygen atoms in total. The van der Waals surface area contributed by atoms with Gasteiger partial charge in [0, 0.05) is 13.2 Å². The molecule has 0 fully saturated rings. The first kappa shape index (κ1) is 13.0. The molecule has 0 aromatic carbocycles. The summed E-state index contributed by atoms with van der Waals surface area (Å²) in [4.78, 5) is 0. The Morgan fingerprint density at radius 2 is 1.64 bits per heavy atom. The molecule has 0 aliphatic rings. The zero-order valence-electron chi connectivity index (χ0n) is 7.46. The highest BCUT2D eigenvalue weighted by molar-refractivity contribution is 5.46. The molecule has 0 aliphatic heterocycles. The normalized spacial score (nSPS) is 8.73. The molecule has 68 valence electrons. The van der Waals surface area contributed by atoms with Gasteiger partial charge in [-0.05, 0) is 20.8 Å². The number of nitrogens with two attached hydrogens (primary N) is 1. The minimum Gasteiger partial charge on any atom is -0.390 e. The SMILES string of the molecule is CCOC(C)OCC.N=CN. The third kappa shape index (κ3) is 17.7. The Morgan fingerprint density at radius 3 is 1.82 bits per heavy atom. The van der Waals surface area contributed by atoms with Crippen molar-refractivity contribution in [1.29, 1.82) is 5.41 Å². The van der Waals surface area contributed by atoms with Gasteiger partial charge in [0.2, 0.25) is 0 Å². The van der Waals surface area contributed by atoms with Gasteiger partial charge in [-0.1, -0.05) is 0 Å². The Balaban J connectivity index is 0. The van der Waals surface area contributed by atoms with Crippen molar-refractivity contribution in [2.24, 2.45) is 5.73 Å². The van der Waals surface area contributed by atoms with E-state index in [2.05, 4.69) is 5.73 Å². The van der Waals surface area contributed by atoms with E-state index < -0.39 is 0 Å². The molecule has 11 heavy (non-hydrogen) atoms. The topological polar surface area (TPSA) is 68.3 Å². The van der Waals surface area contributed by atoms with E-state index in [0.717, 1.165) is 19.6 Å². The molecule has 0 atom stereocenters. The predicted molar refractivity (Wildman–Crippen MR) is 45.7 cm³/mol. The largest absolute Gasteiger partial charge is 0.390 e. The van der Waals surface area contributed by atoms with Crippen molar-refractivity contribution < 1.29 is 9.47 Å². The van der Waals surface area contributed by atoms with Crippen molar-refractivity contribution in [3.63, 3.8) is 0 Å². The molecule has 0 bridgehead atoms. The van der Waals surface area contributed by atoms with Crippen molar-refractivity contribution in [3.05, 3.63) is 0 Å². The summed E-state index contributed by atoms with van der Waals surface area (Å²) < 4.78 is 10.1. The Bertz CT molecular complexity index is 72.8. The molecule has 4 heteroatoms. The molecule has 0 heterocycles. The average molecular weight is 162 g/mol. The first-order valence-corrected chi connectivity index (χ1v) is 3.66. The fourth-order valence-corrected chi connectivity index (χ4v) is 0.518. The van der Waals surface area contributed by atoms with Crippen LogP contribution in [0, 0.1) is 5.41 Å². The smallest absolute Gasteiger partial charge is 0.154 e. The summed E-state index contributed by atoms with van der Waals surface area (Å²) in [6, 6.07) is 0. The van der Waals surface area contributed by atoms with E-state index in [1.165, 1.54) is 0 Å². The second-order valence-corrected chi connectivity index (χ2v) is 1.64. The zero-order chi connectivity index (χ0) is 9.11. The molecule has 0 aromatic heterocycles. The monoisotopic (exact) mass is 162 g/mol. The lowest BCUT2D eigenvalue weighted by Crippen LogP contribution is -2.11. The molecular formula is C7H18N2O2. The van der Waals surface area contributed by atoms with Gasteiger partial charge in [-0.15, -0.1) is 0 Å². The van der Waals surface area contributed by atoms with Crippen molar-refractivity contribution in [1.82, 2.24) is 0 Å². The van der Waals surface area contributed by atoms with Crippen molar-refractivity contribution in [3.8, 4) is 0 Å². The maximum absolute atomic E-state index is 5.86. The summed E-state index contributed by atoms with van der Waals surface area (Å²) in [6.07, 6.45) is 0.713. The Hall–Kier alpha value is -0.610. The third-order valence-electron chi connectivity index (χ3n) is 0.803. The highest BCUT2D eigenvalue weighted by Gasteiger charge is 1.94. The number of rotatable bonds is 4. The summed E-state index contributed by atoms with van der Waals surface area (Å²) in [5.74, 6) is 0. The van der Waals surface area contributed by atoms with Crippen LogP contribution in [0.1, 0.15) is 20.8 Å². The van der Waals surface area contributed by atoms with Crippen LogP contribution in [0.15, 0.2) is 0 Å². The lowest BCUT2D eigenvalue weighted by molar-refractivity contribution is -0.123. The van der Waals surface area contributed by atoms with Crippen LogP contribution >= 0.6 is 0 Å². The number of hydrogen-bond donors (Lipinski definition) is 2. The standard InChI is InChI=1S/C6H14O2.CH4N2/c1-4-7-6(3)8-5-2;2-1-3/h6H,4-5H2,1-3H3;1H,(H3,2,3). The van der Waals surface area contributed by atoms with Crippen LogP contribution < -0.4 is 5.73 Å². The van der Waals surface area contributed by atoms with Crippen LogP contribution in [0.5, 0.6) is 0 Å². The van der Waals surface area contributed by atoms with E-state index in [4.69, 9.17) is 14.9 Å².